The van der Waals surface area contributed by atoms with Gasteiger partial charge in [-0.1, -0.05) is 52.1 Å². The molecule has 0 aliphatic carbocycles. The standard InChI is InChI=1S/C28H27BrN2O5S/c1-5-14-36-22-13-10-20(29)15-19(22)16-23-26(32)31-25(18-8-11-21(12-9-18)34-6-2)24(27(33)35-7-3)17(4)30-28(31)37-23/h5,8-13,15-16,25H,1,6-7,14H2,2-4H3/b23-16-/t25-/m1/s1. The van der Waals surface area contributed by atoms with E-state index >= 15 is 0 Å². The third kappa shape index (κ3) is 5.62. The number of thiazole rings is 1. The summed E-state index contributed by atoms with van der Waals surface area (Å²) >= 11 is 4.76. The van der Waals surface area contributed by atoms with E-state index in [4.69, 9.17) is 14.2 Å². The molecule has 0 unspecified atom stereocenters. The molecule has 1 aromatic heterocycles. The van der Waals surface area contributed by atoms with Crippen molar-refractivity contribution in [2.45, 2.75) is 26.8 Å². The van der Waals surface area contributed by atoms with Crippen LogP contribution in [0.25, 0.3) is 6.08 Å². The Morgan fingerprint density at radius 3 is 2.59 bits per heavy atom. The minimum absolute atomic E-state index is 0.215. The lowest BCUT2D eigenvalue weighted by molar-refractivity contribution is -0.139. The maximum absolute atomic E-state index is 13.8. The van der Waals surface area contributed by atoms with Crippen LogP contribution in [0, 0.1) is 0 Å². The van der Waals surface area contributed by atoms with Crippen molar-refractivity contribution in [2.24, 2.45) is 4.99 Å². The number of allylic oxidation sites excluding steroid dienone is 1. The molecule has 1 aliphatic rings. The van der Waals surface area contributed by atoms with Crippen molar-refractivity contribution < 1.29 is 19.0 Å². The molecule has 9 heteroatoms. The van der Waals surface area contributed by atoms with Gasteiger partial charge in [0.15, 0.2) is 4.80 Å². The Bertz CT molecular complexity index is 1540. The Hall–Kier alpha value is -3.43. The highest BCUT2D eigenvalue weighted by Crippen LogP contribution is 2.32. The second kappa shape index (κ2) is 11.7. The smallest absolute Gasteiger partial charge is 0.338 e. The van der Waals surface area contributed by atoms with E-state index in [0.29, 0.717) is 45.3 Å². The van der Waals surface area contributed by atoms with E-state index in [0.717, 1.165) is 15.6 Å². The van der Waals surface area contributed by atoms with Gasteiger partial charge >= 0.3 is 5.97 Å². The zero-order chi connectivity index (χ0) is 26.5. The molecule has 2 heterocycles. The van der Waals surface area contributed by atoms with Crippen molar-refractivity contribution in [2.75, 3.05) is 19.8 Å². The second-order valence-corrected chi connectivity index (χ2v) is 10.0. The normalized spacial score (nSPS) is 15.1. The van der Waals surface area contributed by atoms with Crippen LogP contribution in [0.3, 0.4) is 0 Å². The predicted molar refractivity (Wildman–Crippen MR) is 148 cm³/mol. The van der Waals surface area contributed by atoms with Crippen LogP contribution in [0.4, 0.5) is 0 Å². The van der Waals surface area contributed by atoms with Gasteiger partial charge in [-0.2, -0.15) is 0 Å². The maximum atomic E-state index is 13.8. The molecule has 2 aromatic carbocycles. The number of benzene rings is 2. The van der Waals surface area contributed by atoms with E-state index in [2.05, 4.69) is 27.5 Å². The Morgan fingerprint density at radius 2 is 1.92 bits per heavy atom. The van der Waals surface area contributed by atoms with Gasteiger partial charge in [-0.05, 0) is 62.7 Å². The average molecular weight is 584 g/mol. The summed E-state index contributed by atoms with van der Waals surface area (Å²) in [6.45, 7) is 10.2. The first-order chi connectivity index (χ1) is 17.9. The van der Waals surface area contributed by atoms with Crippen LogP contribution in [-0.2, 0) is 9.53 Å². The second-order valence-electron chi connectivity index (χ2n) is 8.09. The molecule has 0 saturated heterocycles. The summed E-state index contributed by atoms with van der Waals surface area (Å²) in [7, 11) is 0. The summed E-state index contributed by atoms with van der Waals surface area (Å²) in [6.07, 6.45) is 3.45. The van der Waals surface area contributed by atoms with Gasteiger partial charge in [-0.25, -0.2) is 9.79 Å². The third-order valence-electron chi connectivity index (χ3n) is 5.64. The number of carbonyl (C=O) groups is 1. The summed E-state index contributed by atoms with van der Waals surface area (Å²) in [4.78, 5) is 32.0. The molecule has 7 nitrogen and oxygen atoms in total. The molecule has 0 saturated carbocycles. The molecule has 1 atom stereocenters. The molecular weight excluding hydrogens is 556 g/mol. The highest BCUT2D eigenvalue weighted by atomic mass is 79.9. The Labute approximate surface area is 227 Å². The predicted octanol–water partition coefficient (Wildman–Crippen LogP) is 4.52. The first kappa shape index (κ1) is 26.6. The Kier molecular flexibility index (Phi) is 8.45. The zero-order valence-corrected chi connectivity index (χ0v) is 23.2. The molecule has 37 heavy (non-hydrogen) atoms. The number of rotatable bonds is 9. The summed E-state index contributed by atoms with van der Waals surface area (Å²) in [5.41, 5.74) is 2.09. The number of halogens is 1. The van der Waals surface area contributed by atoms with Gasteiger partial charge in [0, 0.05) is 10.0 Å². The summed E-state index contributed by atoms with van der Waals surface area (Å²) in [5.74, 6) is 0.836. The maximum Gasteiger partial charge on any atom is 0.338 e. The number of carbonyl (C=O) groups excluding carboxylic acids is 1. The van der Waals surface area contributed by atoms with Crippen molar-refractivity contribution in [3.8, 4) is 11.5 Å². The highest BCUT2D eigenvalue weighted by Gasteiger charge is 2.33. The average Bonchev–Trinajstić information content (AvgIpc) is 3.18. The fourth-order valence-corrected chi connectivity index (χ4v) is 5.49. The van der Waals surface area contributed by atoms with E-state index in [1.807, 2.05) is 49.4 Å². The van der Waals surface area contributed by atoms with E-state index in [-0.39, 0.29) is 12.2 Å². The monoisotopic (exact) mass is 582 g/mol. The van der Waals surface area contributed by atoms with Crippen LogP contribution in [0.5, 0.6) is 11.5 Å². The molecule has 0 N–H and O–H groups in total. The number of esters is 1. The lowest BCUT2D eigenvalue weighted by Gasteiger charge is -2.24. The van der Waals surface area contributed by atoms with Gasteiger partial charge in [0.1, 0.15) is 18.1 Å². The number of hydrogen-bond donors (Lipinski definition) is 0. The molecule has 4 rings (SSSR count). The largest absolute Gasteiger partial charge is 0.494 e. The van der Waals surface area contributed by atoms with Gasteiger partial charge in [-0.15, -0.1) is 0 Å². The van der Waals surface area contributed by atoms with Gasteiger partial charge < -0.3 is 14.2 Å². The lowest BCUT2D eigenvalue weighted by atomic mass is 9.96. The van der Waals surface area contributed by atoms with E-state index < -0.39 is 12.0 Å². The van der Waals surface area contributed by atoms with Crippen LogP contribution in [0.2, 0.25) is 0 Å². The molecular formula is C28H27BrN2O5S. The highest BCUT2D eigenvalue weighted by molar-refractivity contribution is 9.10. The Balaban J connectivity index is 1.91. The minimum Gasteiger partial charge on any atom is -0.494 e. The van der Waals surface area contributed by atoms with Crippen LogP contribution in [-0.4, -0.2) is 30.4 Å². The van der Waals surface area contributed by atoms with Crippen LogP contribution in [0.15, 0.2) is 80.6 Å². The number of ether oxygens (including phenoxy) is 3. The molecule has 0 radical (unpaired) electrons. The summed E-state index contributed by atoms with van der Waals surface area (Å²) in [6, 6.07) is 12.3. The van der Waals surface area contributed by atoms with Crippen LogP contribution in [0.1, 0.15) is 37.9 Å². The van der Waals surface area contributed by atoms with Crippen LogP contribution >= 0.6 is 27.3 Å². The van der Waals surface area contributed by atoms with Gasteiger partial charge in [-0.3, -0.25) is 9.36 Å². The molecule has 0 spiro atoms. The molecule has 0 bridgehead atoms. The number of hydrogen-bond acceptors (Lipinski definition) is 7. The molecule has 1 aliphatic heterocycles. The molecule has 3 aromatic rings. The number of fused-ring (bicyclic) bond motifs is 1. The molecule has 0 amide bonds. The third-order valence-corrected chi connectivity index (χ3v) is 7.12. The van der Waals surface area contributed by atoms with Crippen molar-refractivity contribution in [3.63, 3.8) is 0 Å². The van der Waals surface area contributed by atoms with E-state index in [1.54, 1.807) is 30.6 Å². The van der Waals surface area contributed by atoms with Crippen molar-refractivity contribution in [3.05, 3.63) is 102 Å². The fraction of sp³-hybridized carbons (Fsp3) is 0.250. The zero-order valence-electron chi connectivity index (χ0n) is 20.8. The first-order valence-corrected chi connectivity index (χ1v) is 13.4. The summed E-state index contributed by atoms with van der Waals surface area (Å²) in [5, 5.41) is 0. The van der Waals surface area contributed by atoms with Gasteiger partial charge in [0.2, 0.25) is 0 Å². The van der Waals surface area contributed by atoms with Crippen LogP contribution < -0.4 is 24.4 Å². The number of aromatic nitrogens is 1. The lowest BCUT2D eigenvalue weighted by Crippen LogP contribution is -2.39. The Morgan fingerprint density at radius 1 is 1.16 bits per heavy atom. The fourth-order valence-electron chi connectivity index (χ4n) is 4.07. The van der Waals surface area contributed by atoms with Gasteiger partial charge in [0.25, 0.3) is 5.56 Å². The quantitative estimate of drug-likeness (QED) is 0.274. The number of nitrogens with zero attached hydrogens (tertiary/aromatic N) is 2. The summed E-state index contributed by atoms with van der Waals surface area (Å²) < 4.78 is 19.6. The van der Waals surface area contributed by atoms with E-state index in [1.165, 1.54) is 11.3 Å². The van der Waals surface area contributed by atoms with Crippen molar-refractivity contribution in [1.29, 1.82) is 0 Å². The molecule has 192 valence electrons. The molecule has 0 fully saturated rings. The van der Waals surface area contributed by atoms with Crippen molar-refractivity contribution >= 4 is 39.3 Å². The first-order valence-electron chi connectivity index (χ1n) is 11.8. The van der Waals surface area contributed by atoms with Crippen molar-refractivity contribution in [1.82, 2.24) is 4.57 Å². The van der Waals surface area contributed by atoms with E-state index in [9.17, 15) is 9.59 Å². The topological polar surface area (TPSA) is 79.1 Å². The minimum atomic E-state index is -0.688. The van der Waals surface area contributed by atoms with Gasteiger partial charge in [0.05, 0.1) is 35.1 Å². The SMILES string of the molecule is C=CCOc1ccc(Br)cc1/C=c1\sc2n(c1=O)[C@H](c1ccc(OCC)cc1)C(C(=O)OCC)=C(C)N=2.